The predicted molar refractivity (Wildman–Crippen MR) is 126 cm³/mol. The van der Waals surface area contributed by atoms with Crippen LogP contribution in [0.4, 0.5) is 0 Å². The molecule has 0 N–H and O–H groups in total. The molecule has 34 heavy (non-hydrogen) atoms. The summed E-state index contributed by atoms with van der Waals surface area (Å²) in [6, 6.07) is 5.94. The maximum atomic E-state index is 13.3. The number of carbonyl (C=O) groups excluding carboxylic acids is 2. The van der Waals surface area contributed by atoms with E-state index in [2.05, 4.69) is 13.8 Å². The molecule has 0 bridgehead atoms. The molecule has 0 unspecified atom stereocenters. The number of carbonyl (C=O) groups is 2. The van der Waals surface area contributed by atoms with Crippen molar-refractivity contribution in [2.45, 2.75) is 45.4 Å². The van der Waals surface area contributed by atoms with Crippen LogP contribution >= 0.6 is 0 Å². The first-order valence-corrected chi connectivity index (χ1v) is 12.6. The van der Waals surface area contributed by atoms with Gasteiger partial charge in [0.25, 0.3) is 5.91 Å². The number of furan rings is 1. The molecule has 10 heteroatoms. The van der Waals surface area contributed by atoms with Gasteiger partial charge in [0.05, 0.1) is 7.11 Å². The van der Waals surface area contributed by atoms with Crippen LogP contribution in [0, 0.1) is 20.8 Å². The average molecular weight is 493 g/mol. The summed E-state index contributed by atoms with van der Waals surface area (Å²) in [6.45, 7) is 9.62. The van der Waals surface area contributed by atoms with Crippen molar-refractivity contribution >= 4 is 21.9 Å². The number of benzene rings is 1. The Labute approximate surface area is 200 Å². The maximum absolute atomic E-state index is 13.3. The number of hydrogen-bond donors (Lipinski definition) is 0. The summed E-state index contributed by atoms with van der Waals surface area (Å²) in [7, 11) is -2.82. The molecule has 186 valence electrons. The average Bonchev–Trinajstić information content (AvgIpc) is 3.11. The van der Waals surface area contributed by atoms with Crippen molar-refractivity contribution < 1.29 is 31.9 Å². The van der Waals surface area contributed by atoms with Gasteiger partial charge in [-0.1, -0.05) is 26.0 Å². The Bertz CT molecular complexity index is 1180. The molecule has 1 saturated heterocycles. The van der Waals surface area contributed by atoms with E-state index in [-0.39, 0.29) is 66.6 Å². The Balaban J connectivity index is 1.68. The Morgan fingerprint density at radius 2 is 1.71 bits per heavy atom. The number of hydrogen-bond acceptors (Lipinski definition) is 7. The fourth-order valence-corrected chi connectivity index (χ4v) is 5.89. The molecule has 1 aliphatic rings. The van der Waals surface area contributed by atoms with Crippen LogP contribution in [0.3, 0.4) is 0 Å². The smallest absolute Gasteiger partial charge is 0.342 e. The fourth-order valence-electron chi connectivity index (χ4n) is 4.09. The van der Waals surface area contributed by atoms with Crippen molar-refractivity contribution in [3.8, 4) is 5.75 Å². The van der Waals surface area contributed by atoms with Crippen LogP contribution in [0.15, 0.2) is 27.5 Å². The van der Waals surface area contributed by atoms with Crippen LogP contribution in [0.5, 0.6) is 5.75 Å². The lowest BCUT2D eigenvalue weighted by atomic mass is 10.0. The third kappa shape index (κ3) is 5.12. The molecular formula is C24H32N2O7S. The molecule has 2 aromatic rings. The van der Waals surface area contributed by atoms with Crippen LogP contribution in [0.25, 0.3) is 0 Å². The third-order valence-electron chi connectivity index (χ3n) is 5.93. The van der Waals surface area contributed by atoms with E-state index >= 15 is 0 Å². The van der Waals surface area contributed by atoms with E-state index in [9.17, 15) is 18.0 Å². The molecule has 9 nitrogen and oxygen atoms in total. The number of nitrogens with zero attached hydrogens (tertiary/aromatic N) is 2. The topological polar surface area (TPSA) is 106 Å². The Hall–Kier alpha value is -2.85. The molecular weight excluding hydrogens is 460 g/mol. The molecule has 2 heterocycles. The number of aryl methyl sites for hydroxylation is 3. The normalized spacial score (nSPS) is 15.0. The van der Waals surface area contributed by atoms with Gasteiger partial charge in [-0.15, -0.1) is 0 Å². The summed E-state index contributed by atoms with van der Waals surface area (Å²) in [6.07, 6.45) is 0. The van der Waals surface area contributed by atoms with Crippen molar-refractivity contribution in [3.63, 3.8) is 0 Å². The molecule has 0 spiro atoms. The van der Waals surface area contributed by atoms with Gasteiger partial charge < -0.3 is 18.8 Å². The monoisotopic (exact) mass is 492 g/mol. The van der Waals surface area contributed by atoms with Crippen LogP contribution in [0.1, 0.15) is 52.8 Å². The predicted octanol–water partition coefficient (Wildman–Crippen LogP) is 3.03. The number of ether oxygens (including phenoxy) is 2. The summed E-state index contributed by atoms with van der Waals surface area (Å²) in [5.74, 6) is 0.277. The van der Waals surface area contributed by atoms with Crippen molar-refractivity contribution in [2.24, 2.45) is 0 Å². The van der Waals surface area contributed by atoms with Crippen LogP contribution in [0.2, 0.25) is 0 Å². The van der Waals surface area contributed by atoms with Crippen LogP contribution < -0.4 is 4.74 Å². The quantitative estimate of drug-likeness (QED) is 0.547. The molecule has 3 rings (SSSR count). The zero-order chi connectivity index (χ0) is 25.2. The van der Waals surface area contributed by atoms with Crippen molar-refractivity contribution in [2.75, 3.05) is 39.9 Å². The van der Waals surface area contributed by atoms with E-state index in [1.807, 2.05) is 25.1 Å². The van der Waals surface area contributed by atoms with Gasteiger partial charge in [0.1, 0.15) is 27.7 Å². The highest BCUT2D eigenvalue weighted by Crippen LogP contribution is 2.31. The molecule has 0 saturated carbocycles. The maximum Gasteiger partial charge on any atom is 0.342 e. The van der Waals surface area contributed by atoms with Gasteiger partial charge in [-0.25, -0.2) is 13.2 Å². The van der Waals surface area contributed by atoms with E-state index in [0.717, 1.165) is 11.1 Å². The summed E-state index contributed by atoms with van der Waals surface area (Å²) in [5.41, 5.74) is 1.98. The Kier molecular flexibility index (Phi) is 7.72. The first kappa shape index (κ1) is 25.8. The fraction of sp³-hybridized carbons (Fsp3) is 0.500. The number of methoxy groups -OCH3 is 1. The minimum absolute atomic E-state index is 0.0917. The molecule has 0 aliphatic carbocycles. The van der Waals surface area contributed by atoms with E-state index in [1.54, 1.807) is 4.90 Å². The number of esters is 1. The van der Waals surface area contributed by atoms with Crippen LogP contribution in [-0.2, 0) is 19.6 Å². The standard InChI is InChI=1S/C24H32N2O7S/c1-15(2)19-8-7-16(3)13-20(19)32-14-21(27)25-9-11-26(12-10-25)34(29,30)23-18(5)33-17(4)22(23)24(28)31-6/h7-8,13,15H,9-12,14H2,1-6H3. The van der Waals surface area contributed by atoms with E-state index in [0.29, 0.717) is 5.75 Å². The minimum atomic E-state index is -4.01. The summed E-state index contributed by atoms with van der Waals surface area (Å²) in [5, 5.41) is 0. The highest BCUT2D eigenvalue weighted by atomic mass is 32.2. The highest BCUT2D eigenvalue weighted by Gasteiger charge is 2.37. The van der Waals surface area contributed by atoms with Gasteiger partial charge in [-0.05, 0) is 43.9 Å². The minimum Gasteiger partial charge on any atom is -0.483 e. The van der Waals surface area contributed by atoms with Crippen LogP contribution in [-0.4, -0.2) is 69.4 Å². The highest BCUT2D eigenvalue weighted by molar-refractivity contribution is 7.89. The van der Waals surface area contributed by atoms with E-state index in [4.69, 9.17) is 13.9 Å². The second kappa shape index (κ2) is 10.2. The Morgan fingerprint density at radius 3 is 2.29 bits per heavy atom. The van der Waals surface area contributed by atoms with Gasteiger partial charge >= 0.3 is 5.97 Å². The Morgan fingerprint density at radius 1 is 1.06 bits per heavy atom. The third-order valence-corrected chi connectivity index (χ3v) is 7.98. The lowest BCUT2D eigenvalue weighted by Crippen LogP contribution is -2.51. The molecule has 1 aromatic carbocycles. The molecule has 1 aliphatic heterocycles. The van der Waals surface area contributed by atoms with Crippen molar-refractivity contribution in [1.29, 1.82) is 0 Å². The second-order valence-corrected chi connectivity index (χ2v) is 10.6. The number of piperazine rings is 1. The first-order valence-electron chi connectivity index (χ1n) is 11.2. The zero-order valence-corrected chi connectivity index (χ0v) is 21.3. The molecule has 1 amide bonds. The summed E-state index contributed by atoms with van der Waals surface area (Å²) in [4.78, 5) is 26.4. The van der Waals surface area contributed by atoms with Gasteiger partial charge in [-0.2, -0.15) is 4.31 Å². The molecule has 1 aromatic heterocycles. The van der Waals surface area contributed by atoms with E-state index < -0.39 is 16.0 Å². The van der Waals surface area contributed by atoms with Gasteiger partial charge in [0, 0.05) is 26.2 Å². The lowest BCUT2D eigenvalue weighted by molar-refractivity contribution is -0.134. The number of amides is 1. The SMILES string of the molecule is COC(=O)c1c(C)oc(C)c1S(=O)(=O)N1CCN(C(=O)COc2cc(C)ccc2C(C)C)CC1. The van der Waals surface area contributed by atoms with Gasteiger partial charge in [0.2, 0.25) is 10.0 Å². The lowest BCUT2D eigenvalue weighted by Gasteiger charge is -2.34. The molecule has 0 atom stereocenters. The first-order chi connectivity index (χ1) is 16.0. The summed E-state index contributed by atoms with van der Waals surface area (Å²) >= 11 is 0. The van der Waals surface area contributed by atoms with Crippen molar-refractivity contribution in [1.82, 2.24) is 9.21 Å². The van der Waals surface area contributed by atoms with Gasteiger partial charge in [0.15, 0.2) is 6.61 Å². The number of sulfonamides is 1. The largest absolute Gasteiger partial charge is 0.483 e. The zero-order valence-electron chi connectivity index (χ0n) is 20.5. The van der Waals surface area contributed by atoms with Gasteiger partial charge in [-0.3, -0.25) is 4.79 Å². The second-order valence-electron chi connectivity index (χ2n) is 8.68. The number of rotatable bonds is 7. The van der Waals surface area contributed by atoms with Crippen molar-refractivity contribution in [3.05, 3.63) is 46.4 Å². The van der Waals surface area contributed by atoms with E-state index in [1.165, 1.54) is 25.3 Å². The molecule has 1 fully saturated rings. The molecule has 0 radical (unpaired) electrons. The summed E-state index contributed by atoms with van der Waals surface area (Å²) < 4.78 is 43.9.